The number of carbonyl (C=O) groups excluding carboxylic acids is 1. The first-order valence-electron chi connectivity index (χ1n) is 7.47. The zero-order chi connectivity index (χ0) is 15.5. The van der Waals surface area contributed by atoms with Crippen LogP contribution in [0.4, 0.5) is 0 Å². The molecule has 0 rings (SSSR count). The van der Waals surface area contributed by atoms with Crippen molar-refractivity contribution in [1.29, 1.82) is 0 Å². The van der Waals surface area contributed by atoms with Gasteiger partial charge >= 0.3 is 0 Å². The van der Waals surface area contributed by atoms with E-state index < -0.39 is 0 Å². The van der Waals surface area contributed by atoms with Crippen molar-refractivity contribution in [2.24, 2.45) is 0 Å². The molecule has 1 N–H and O–H groups in total. The van der Waals surface area contributed by atoms with Gasteiger partial charge in [-0.2, -0.15) is 0 Å². The van der Waals surface area contributed by atoms with Crippen molar-refractivity contribution in [3.05, 3.63) is 35.5 Å². The molecule has 0 saturated heterocycles. The first kappa shape index (κ1) is 18.9. The summed E-state index contributed by atoms with van der Waals surface area (Å²) in [5, 5.41) is 9.67. The van der Waals surface area contributed by atoms with Crippen LogP contribution in [0.1, 0.15) is 66.2 Å². The summed E-state index contributed by atoms with van der Waals surface area (Å²) in [5.74, 6) is 0.251. The highest BCUT2D eigenvalue weighted by Gasteiger charge is 2.03. The zero-order valence-corrected chi connectivity index (χ0v) is 13.5. The molecule has 0 aromatic rings. The monoisotopic (exact) mass is 278 g/mol. The Balaban J connectivity index is 3.92. The van der Waals surface area contributed by atoms with E-state index in [4.69, 9.17) is 0 Å². The van der Waals surface area contributed by atoms with Crippen LogP contribution < -0.4 is 0 Å². The third kappa shape index (κ3) is 10.7. The van der Waals surface area contributed by atoms with Crippen LogP contribution >= 0.6 is 0 Å². The molecule has 0 spiro atoms. The minimum absolute atomic E-state index is 0.251. The Hall–Kier alpha value is -1.15. The van der Waals surface area contributed by atoms with E-state index in [9.17, 15) is 9.90 Å². The van der Waals surface area contributed by atoms with Crippen molar-refractivity contribution in [3.63, 3.8) is 0 Å². The van der Waals surface area contributed by atoms with Gasteiger partial charge in [-0.25, -0.2) is 0 Å². The number of rotatable bonds is 10. The molecule has 20 heavy (non-hydrogen) atoms. The van der Waals surface area contributed by atoms with Gasteiger partial charge in [-0.1, -0.05) is 35.5 Å². The van der Waals surface area contributed by atoms with E-state index >= 15 is 0 Å². The average molecular weight is 278 g/mol. The summed E-state index contributed by atoms with van der Waals surface area (Å²) in [6, 6.07) is 0. The number of hydrogen-bond donors (Lipinski definition) is 1. The minimum Gasteiger partial charge on any atom is -0.389 e. The number of allylic oxidation sites excluding steroid dienone is 4. The van der Waals surface area contributed by atoms with Crippen LogP contribution in [0.15, 0.2) is 35.5 Å². The molecule has 0 bridgehead atoms. The molecule has 0 amide bonds. The fourth-order valence-corrected chi connectivity index (χ4v) is 1.88. The first-order valence-corrected chi connectivity index (χ1v) is 7.47. The summed E-state index contributed by atoms with van der Waals surface area (Å²) in [7, 11) is 0. The molecule has 0 aliphatic rings. The predicted octanol–water partition coefficient (Wildman–Crippen LogP) is 4.75. The fourth-order valence-electron chi connectivity index (χ4n) is 1.88. The van der Waals surface area contributed by atoms with E-state index in [1.54, 1.807) is 6.92 Å². The molecular formula is C18H30O2. The Kier molecular flexibility index (Phi) is 10.0. The molecule has 0 radical (unpaired) electrons. The smallest absolute Gasteiger partial charge is 0.130 e. The van der Waals surface area contributed by atoms with Crippen LogP contribution in [0, 0.1) is 0 Å². The number of hydrogen-bond acceptors (Lipinski definition) is 2. The van der Waals surface area contributed by atoms with E-state index in [-0.39, 0.29) is 11.9 Å². The number of carbonyl (C=O) groups is 1. The maximum absolute atomic E-state index is 10.8. The molecule has 0 saturated carbocycles. The van der Waals surface area contributed by atoms with Gasteiger partial charge < -0.3 is 9.90 Å². The predicted molar refractivity (Wildman–Crippen MR) is 86.7 cm³/mol. The minimum atomic E-state index is -0.383. The van der Waals surface area contributed by atoms with Crippen molar-refractivity contribution in [2.75, 3.05) is 0 Å². The van der Waals surface area contributed by atoms with Crippen molar-refractivity contribution in [1.82, 2.24) is 0 Å². The maximum Gasteiger partial charge on any atom is 0.130 e. The van der Waals surface area contributed by atoms with Crippen LogP contribution in [0.3, 0.4) is 0 Å². The Morgan fingerprint density at radius 1 is 1.00 bits per heavy atom. The highest BCUT2D eigenvalue weighted by atomic mass is 16.3. The zero-order valence-electron chi connectivity index (χ0n) is 13.5. The van der Waals surface area contributed by atoms with Gasteiger partial charge in [0.05, 0.1) is 6.10 Å². The van der Waals surface area contributed by atoms with Crippen LogP contribution in [-0.2, 0) is 4.79 Å². The molecule has 0 aromatic heterocycles. The van der Waals surface area contributed by atoms with E-state index in [2.05, 4.69) is 32.6 Å². The van der Waals surface area contributed by atoms with E-state index in [0.29, 0.717) is 6.42 Å². The van der Waals surface area contributed by atoms with Gasteiger partial charge in [-0.15, -0.1) is 0 Å². The molecule has 0 fully saturated rings. The molecule has 0 aromatic carbocycles. The van der Waals surface area contributed by atoms with E-state index in [0.717, 1.165) is 37.7 Å². The lowest BCUT2D eigenvalue weighted by Gasteiger charge is -2.09. The van der Waals surface area contributed by atoms with Gasteiger partial charge in [0.2, 0.25) is 0 Å². The average Bonchev–Trinajstić information content (AvgIpc) is 2.35. The maximum atomic E-state index is 10.8. The Bertz CT molecular complexity index is 375. The Labute approximate surface area is 124 Å². The SMILES string of the molecule is C=C(C)[C@H](O)CC/C(C)=C/CC/C(C)=C/CCC(C)=O. The Morgan fingerprint density at radius 2 is 1.50 bits per heavy atom. The number of aliphatic hydroxyl groups is 1. The number of ketones is 1. The quantitative estimate of drug-likeness (QED) is 0.586. The summed E-state index contributed by atoms with van der Waals surface area (Å²) in [6.45, 7) is 11.5. The standard InChI is InChI=1S/C18H30O2/c1-14(2)18(20)13-12-16(4)9-6-8-15(3)10-7-11-17(5)19/h9-10,18,20H,1,6-8,11-13H2,2-5H3/b15-10+,16-9+/t18-/m1/s1. The van der Waals surface area contributed by atoms with Gasteiger partial charge in [-0.05, 0) is 59.8 Å². The highest BCUT2D eigenvalue weighted by Crippen LogP contribution is 2.14. The Morgan fingerprint density at radius 3 is 2.00 bits per heavy atom. The van der Waals surface area contributed by atoms with Gasteiger partial charge in [-0.3, -0.25) is 0 Å². The second-order valence-electron chi connectivity index (χ2n) is 5.78. The lowest BCUT2D eigenvalue weighted by molar-refractivity contribution is -0.116. The second-order valence-corrected chi connectivity index (χ2v) is 5.78. The van der Waals surface area contributed by atoms with Gasteiger partial charge in [0.1, 0.15) is 5.78 Å². The molecule has 0 aliphatic heterocycles. The van der Waals surface area contributed by atoms with Crippen LogP contribution in [0.2, 0.25) is 0 Å². The molecular weight excluding hydrogens is 248 g/mol. The number of aliphatic hydroxyl groups excluding tert-OH is 1. The second kappa shape index (κ2) is 10.6. The van der Waals surface area contributed by atoms with Gasteiger partial charge in [0.15, 0.2) is 0 Å². The van der Waals surface area contributed by atoms with Crippen LogP contribution in [0.5, 0.6) is 0 Å². The molecule has 2 heteroatoms. The summed E-state index contributed by atoms with van der Waals surface area (Å²) >= 11 is 0. The van der Waals surface area contributed by atoms with Crippen LogP contribution in [0.25, 0.3) is 0 Å². The number of Topliss-reactive ketones (excluding diaryl/α,β-unsaturated/α-hetero) is 1. The summed E-state index contributed by atoms with van der Waals surface area (Å²) in [5.41, 5.74) is 3.50. The van der Waals surface area contributed by atoms with Gasteiger partial charge in [0.25, 0.3) is 0 Å². The van der Waals surface area contributed by atoms with Crippen molar-refractivity contribution in [3.8, 4) is 0 Å². The molecule has 0 unspecified atom stereocenters. The van der Waals surface area contributed by atoms with Gasteiger partial charge in [0, 0.05) is 6.42 Å². The molecule has 0 heterocycles. The lowest BCUT2D eigenvalue weighted by atomic mass is 10.0. The van der Waals surface area contributed by atoms with Crippen molar-refractivity contribution < 1.29 is 9.90 Å². The largest absolute Gasteiger partial charge is 0.389 e. The summed E-state index contributed by atoms with van der Waals surface area (Å²) < 4.78 is 0. The third-order valence-electron chi connectivity index (χ3n) is 3.40. The van der Waals surface area contributed by atoms with Crippen LogP contribution in [-0.4, -0.2) is 17.0 Å². The van der Waals surface area contributed by atoms with E-state index in [1.165, 1.54) is 11.1 Å². The summed E-state index contributed by atoms with van der Waals surface area (Å²) in [4.78, 5) is 10.8. The highest BCUT2D eigenvalue weighted by molar-refractivity contribution is 5.75. The molecule has 0 aliphatic carbocycles. The normalized spacial score (nSPS) is 14.2. The molecule has 1 atom stereocenters. The summed E-state index contributed by atoms with van der Waals surface area (Å²) in [6.07, 6.45) is 9.26. The topological polar surface area (TPSA) is 37.3 Å². The first-order chi connectivity index (χ1) is 9.32. The third-order valence-corrected chi connectivity index (χ3v) is 3.40. The van der Waals surface area contributed by atoms with Crippen molar-refractivity contribution in [2.45, 2.75) is 72.3 Å². The fraction of sp³-hybridized carbons (Fsp3) is 0.611. The van der Waals surface area contributed by atoms with E-state index in [1.807, 2.05) is 6.92 Å². The molecule has 114 valence electrons. The molecule has 2 nitrogen and oxygen atoms in total. The van der Waals surface area contributed by atoms with Crippen molar-refractivity contribution >= 4 is 5.78 Å². The lowest BCUT2D eigenvalue weighted by Crippen LogP contribution is -2.06.